The lowest BCUT2D eigenvalue weighted by Gasteiger charge is -2.33. The van der Waals surface area contributed by atoms with Crippen LogP contribution < -0.4 is 15.5 Å². The number of rotatable bonds is 6. The van der Waals surface area contributed by atoms with E-state index in [-0.39, 0.29) is 24.2 Å². The summed E-state index contributed by atoms with van der Waals surface area (Å²) in [6.45, 7) is 6.19. The number of carbonyl (C=O) groups is 2. The van der Waals surface area contributed by atoms with Crippen molar-refractivity contribution in [3.05, 3.63) is 94.8 Å². The van der Waals surface area contributed by atoms with Gasteiger partial charge in [0.2, 0.25) is 0 Å². The summed E-state index contributed by atoms with van der Waals surface area (Å²) < 4.78 is 13.2. The van der Waals surface area contributed by atoms with E-state index in [1.807, 2.05) is 37.3 Å². The van der Waals surface area contributed by atoms with Crippen LogP contribution in [0, 0.1) is 18.7 Å². The number of amides is 2. The number of hydrogen-bond acceptors (Lipinski definition) is 3. The van der Waals surface area contributed by atoms with Gasteiger partial charge in [-0.15, -0.1) is 0 Å². The number of halogens is 1. The maximum absolute atomic E-state index is 13.3. The fraction of sp³-hybridized carbons (Fsp3) is 0.286. The molecule has 2 amide bonds. The van der Waals surface area contributed by atoms with Crippen LogP contribution in [0.5, 0.6) is 0 Å². The number of hydrogen-bond donors (Lipinski definition) is 2. The van der Waals surface area contributed by atoms with Crippen molar-refractivity contribution < 1.29 is 14.0 Å². The van der Waals surface area contributed by atoms with Crippen molar-refractivity contribution in [2.75, 3.05) is 23.3 Å². The molecule has 6 heteroatoms. The topological polar surface area (TPSA) is 61.4 Å². The van der Waals surface area contributed by atoms with Crippen LogP contribution in [-0.4, -0.2) is 24.9 Å². The first-order chi connectivity index (χ1) is 16.4. The number of nitrogens with zero attached hydrogens (tertiary/aromatic N) is 1. The summed E-state index contributed by atoms with van der Waals surface area (Å²) in [7, 11) is 0. The molecule has 1 fully saturated rings. The fourth-order valence-electron chi connectivity index (χ4n) is 4.23. The third-order valence-corrected chi connectivity index (χ3v) is 6.38. The minimum atomic E-state index is -0.311. The molecule has 0 saturated carbocycles. The molecule has 1 saturated heterocycles. The van der Waals surface area contributed by atoms with Gasteiger partial charge in [-0.05, 0) is 73.2 Å². The first kappa shape index (κ1) is 23.5. The van der Waals surface area contributed by atoms with E-state index in [1.54, 1.807) is 24.3 Å². The van der Waals surface area contributed by atoms with Crippen molar-refractivity contribution in [1.29, 1.82) is 0 Å². The van der Waals surface area contributed by atoms with Gasteiger partial charge in [0.05, 0.1) is 5.56 Å². The van der Waals surface area contributed by atoms with E-state index >= 15 is 0 Å². The first-order valence-corrected chi connectivity index (χ1v) is 11.7. The Morgan fingerprint density at radius 1 is 0.941 bits per heavy atom. The molecule has 0 unspecified atom stereocenters. The summed E-state index contributed by atoms with van der Waals surface area (Å²) in [5.74, 6) is -0.0892. The van der Waals surface area contributed by atoms with E-state index in [2.05, 4.69) is 22.5 Å². The van der Waals surface area contributed by atoms with Crippen LogP contribution in [0.3, 0.4) is 0 Å². The molecule has 1 aliphatic rings. The molecule has 176 valence electrons. The van der Waals surface area contributed by atoms with E-state index < -0.39 is 0 Å². The molecule has 0 spiro atoms. The average molecular weight is 460 g/mol. The quantitative estimate of drug-likeness (QED) is 0.508. The highest BCUT2D eigenvalue weighted by atomic mass is 19.1. The van der Waals surface area contributed by atoms with Gasteiger partial charge in [0.1, 0.15) is 5.82 Å². The van der Waals surface area contributed by atoms with Gasteiger partial charge in [-0.2, -0.15) is 0 Å². The zero-order valence-electron chi connectivity index (χ0n) is 19.6. The van der Waals surface area contributed by atoms with Gasteiger partial charge in [-0.25, -0.2) is 4.39 Å². The average Bonchev–Trinajstić information content (AvgIpc) is 2.84. The summed E-state index contributed by atoms with van der Waals surface area (Å²) in [4.78, 5) is 28.3. The maximum Gasteiger partial charge on any atom is 0.255 e. The van der Waals surface area contributed by atoms with Crippen LogP contribution >= 0.6 is 0 Å². The molecule has 3 aromatic rings. The number of carbonyl (C=O) groups excluding carboxylic acids is 2. The molecule has 5 nitrogen and oxygen atoms in total. The van der Waals surface area contributed by atoms with Crippen molar-refractivity contribution in [2.45, 2.75) is 33.2 Å². The molecular formula is C28H30FN3O2. The van der Waals surface area contributed by atoms with Gasteiger partial charge in [-0.1, -0.05) is 37.3 Å². The van der Waals surface area contributed by atoms with Crippen LogP contribution in [-0.2, 0) is 6.54 Å². The van der Waals surface area contributed by atoms with Crippen LogP contribution in [0.1, 0.15) is 51.6 Å². The Bertz CT molecular complexity index is 1170. The Balaban J connectivity index is 1.57. The van der Waals surface area contributed by atoms with Gasteiger partial charge in [0.15, 0.2) is 0 Å². The molecule has 2 N–H and O–H groups in total. The van der Waals surface area contributed by atoms with Crippen LogP contribution in [0.4, 0.5) is 15.8 Å². The Labute approximate surface area is 200 Å². The number of benzene rings is 3. The van der Waals surface area contributed by atoms with E-state index in [0.717, 1.165) is 42.7 Å². The summed E-state index contributed by atoms with van der Waals surface area (Å²) in [6.07, 6.45) is 2.14. The molecule has 34 heavy (non-hydrogen) atoms. The van der Waals surface area contributed by atoms with Crippen molar-refractivity contribution in [1.82, 2.24) is 5.32 Å². The maximum atomic E-state index is 13.3. The van der Waals surface area contributed by atoms with E-state index in [1.165, 1.54) is 12.1 Å². The third kappa shape index (κ3) is 5.63. The Hall–Kier alpha value is -3.67. The smallest absolute Gasteiger partial charge is 0.255 e. The van der Waals surface area contributed by atoms with Gasteiger partial charge in [0, 0.05) is 36.6 Å². The van der Waals surface area contributed by atoms with Crippen LogP contribution in [0.2, 0.25) is 0 Å². The minimum Gasteiger partial charge on any atom is -0.371 e. The Morgan fingerprint density at radius 3 is 2.35 bits per heavy atom. The van der Waals surface area contributed by atoms with Gasteiger partial charge >= 0.3 is 0 Å². The molecule has 0 aliphatic carbocycles. The number of anilines is 2. The molecule has 3 aromatic carbocycles. The summed E-state index contributed by atoms with van der Waals surface area (Å²) in [5, 5.41) is 5.88. The number of nitrogens with one attached hydrogen (secondary N) is 2. The molecule has 0 bridgehead atoms. The van der Waals surface area contributed by atoms with Crippen LogP contribution in [0.25, 0.3) is 0 Å². The summed E-state index contributed by atoms with van der Waals surface area (Å²) in [5.41, 5.74) is 4.23. The molecule has 0 atom stereocenters. The van der Waals surface area contributed by atoms with Crippen LogP contribution in [0.15, 0.2) is 66.7 Å². The molecule has 1 heterocycles. The monoisotopic (exact) mass is 459 g/mol. The van der Waals surface area contributed by atoms with Gasteiger partial charge < -0.3 is 15.5 Å². The fourth-order valence-corrected chi connectivity index (χ4v) is 4.23. The van der Waals surface area contributed by atoms with E-state index in [0.29, 0.717) is 22.7 Å². The normalized spacial score (nSPS) is 14.0. The highest BCUT2D eigenvalue weighted by Crippen LogP contribution is 2.29. The second kappa shape index (κ2) is 10.5. The number of piperidine rings is 1. The van der Waals surface area contributed by atoms with Crippen molar-refractivity contribution >= 4 is 23.2 Å². The molecule has 1 aliphatic heterocycles. The lowest BCUT2D eigenvalue weighted by Crippen LogP contribution is -2.35. The zero-order chi connectivity index (χ0) is 24.1. The summed E-state index contributed by atoms with van der Waals surface area (Å²) in [6, 6.07) is 19.0. The lowest BCUT2D eigenvalue weighted by molar-refractivity contribution is 0.0950. The Kier molecular flexibility index (Phi) is 7.26. The van der Waals surface area contributed by atoms with Gasteiger partial charge in [-0.3, -0.25) is 9.59 Å². The largest absolute Gasteiger partial charge is 0.371 e. The third-order valence-electron chi connectivity index (χ3n) is 6.38. The predicted octanol–water partition coefficient (Wildman–Crippen LogP) is 5.55. The molecule has 0 radical (unpaired) electrons. The van der Waals surface area contributed by atoms with Gasteiger partial charge in [0.25, 0.3) is 11.8 Å². The first-order valence-electron chi connectivity index (χ1n) is 11.7. The second-order valence-corrected chi connectivity index (χ2v) is 8.98. The molecular weight excluding hydrogens is 429 g/mol. The molecule has 4 rings (SSSR count). The zero-order valence-corrected chi connectivity index (χ0v) is 19.6. The van der Waals surface area contributed by atoms with E-state index in [9.17, 15) is 14.0 Å². The van der Waals surface area contributed by atoms with Crippen molar-refractivity contribution in [2.24, 2.45) is 5.92 Å². The minimum absolute atomic E-state index is 0.213. The Morgan fingerprint density at radius 2 is 1.65 bits per heavy atom. The summed E-state index contributed by atoms with van der Waals surface area (Å²) >= 11 is 0. The predicted molar refractivity (Wildman–Crippen MR) is 134 cm³/mol. The highest BCUT2D eigenvalue weighted by Gasteiger charge is 2.22. The highest BCUT2D eigenvalue weighted by molar-refractivity contribution is 6.07. The SMILES string of the molecule is Cc1ccccc1C(=O)Nc1ccc(N2CCC(C)CC2)c(C(=O)NCc2ccc(F)cc2)c1. The second-order valence-electron chi connectivity index (χ2n) is 8.98. The number of aryl methyl sites for hydroxylation is 1. The van der Waals surface area contributed by atoms with Crippen molar-refractivity contribution in [3.63, 3.8) is 0 Å². The molecule has 0 aromatic heterocycles. The lowest BCUT2D eigenvalue weighted by atomic mass is 9.97. The van der Waals surface area contributed by atoms with Crippen molar-refractivity contribution in [3.8, 4) is 0 Å². The van der Waals surface area contributed by atoms with E-state index in [4.69, 9.17) is 0 Å². The standard InChI is InChI=1S/C28H30FN3O2/c1-19-13-15-32(16-14-19)26-12-11-23(31-28(34)24-6-4-3-5-20(24)2)17-25(26)27(33)30-18-21-7-9-22(29)10-8-21/h3-12,17,19H,13-16,18H2,1-2H3,(H,30,33)(H,31,34).